The summed E-state index contributed by atoms with van der Waals surface area (Å²) in [4.78, 5) is 10.1. The second kappa shape index (κ2) is 5.20. The third kappa shape index (κ3) is 4.29. The summed E-state index contributed by atoms with van der Waals surface area (Å²) in [7, 11) is 1.54. The van der Waals surface area contributed by atoms with Crippen LogP contribution in [0.4, 0.5) is 0 Å². The minimum atomic E-state index is -0.948. The molecule has 4 nitrogen and oxygen atoms in total. The van der Waals surface area contributed by atoms with E-state index in [0.717, 1.165) is 0 Å². The van der Waals surface area contributed by atoms with Crippen molar-refractivity contribution < 1.29 is 19.4 Å². The molecule has 0 rings (SSSR count). The highest BCUT2D eigenvalue weighted by atomic mass is 16.5. The van der Waals surface area contributed by atoms with Gasteiger partial charge in [0.25, 0.3) is 0 Å². The average Bonchev–Trinajstić information content (AvgIpc) is 1.88. The zero-order valence-corrected chi connectivity index (χ0v) is 6.16. The van der Waals surface area contributed by atoms with Crippen LogP contribution < -0.4 is 0 Å². The number of aliphatic carboxylic acids is 1. The maximum atomic E-state index is 10.1. The Hall–Kier alpha value is -0.610. The Morgan fingerprint density at radius 3 is 2.60 bits per heavy atom. The van der Waals surface area contributed by atoms with Crippen molar-refractivity contribution >= 4 is 5.97 Å². The molecule has 4 heteroatoms. The van der Waals surface area contributed by atoms with Crippen LogP contribution in [-0.2, 0) is 14.3 Å². The quantitative estimate of drug-likeness (QED) is 0.563. The van der Waals surface area contributed by atoms with E-state index < -0.39 is 12.1 Å². The maximum Gasteiger partial charge on any atom is 0.332 e. The van der Waals surface area contributed by atoms with Gasteiger partial charge in [0.2, 0.25) is 0 Å². The first-order valence-electron chi connectivity index (χ1n) is 3.02. The van der Waals surface area contributed by atoms with Gasteiger partial charge in [-0.05, 0) is 6.92 Å². The molecule has 60 valence electrons. The Labute approximate surface area is 59.7 Å². The fourth-order valence-corrected chi connectivity index (χ4v) is 0.380. The van der Waals surface area contributed by atoms with Crippen LogP contribution in [0, 0.1) is 0 Å². The molecule has 0 heterocycles. The number of hydrogen-bond donors (Lipinski definition) is 1. The smallest absolute Gasteiger partial charge is 0.332 e. The van der Waals surface area contributed by atoms with Crippen LogP contribution in [0.5, 0.6) is 0 Å². The van der Waals surface area contributed by atoms with Crippen molar-refractivity contribution in [2.75, 3.05) is 20.3 Å². The molecule has 0 aromatic heterocycles. The first kappa shape index (κ1) is 9.39. The molecule has 0 aliphatic carbocycles. The molecule has 0 fully saturated rings. The van der Waals surface area contributed by atoms with Crippen molar-refractivity contribution in [3.63, 3.8) is 0 Å². The fourth-order valence-electron chi connectivity index (χ4n) is 0.380. The Balaban J connectivity index is 3.21. The van der Waals surface area contributed by atoms with Crippen LogP contribution in [-0.4, -0.2) is 37.5 Å². The molecule has 0 saturated carbocycles. The SMILES string of the molecule is COCCO[C@H](C)C(=O)O. The molecular formula is C6H12O4. The number of methoxy groups -OCH3 is 1. The van der Waals surface area contributed by atoms with Crippen LogP contribution in [0.15, 0.2) is 0 Å². The summed E-state index contributed by atoms with van der Waals surface area (Å²) in [6.07, 6.45) is -0.741. The van der Waals surface area contributed by atoms with Crippen molar-refractivity contribution in [2.45, 2.75) is 13.0 Å². The molecule has 0 radical (unpaired) electrons. The Morgan fingerprint density at radius 1 is 1.60 bits per heavy atom. The first-order chi connectivity index (χ1) is 4.68. The molecule has 1 atom stereocenters. The molecule has 0 saturated heterocycles. The highest BCUT2D eigenvalue weighted by molar-refractivity contribution is 5.71. The number of rotatable bonds is 5. The third-order valence-electron chi connectivity index (χ3n) is 1.00. The Kier molecular flexibility index (Phi) is 4.88. The van der Waals surface area contributed by atoms with Crippen LogP contribution >= 0.6 is 0 Å². The van der Waals surface area contributed by atoms with Crippen LogP contribution in [0.25, 0.3) is 0 Å². The number of carbonyl (C=O) groups is 1. The molecule has 0 aliphatic heterocycles. The van der Waals surface area contributed by atoms with Gasteiger partial charge in [-0.2, -0.15) is 0 Å². The number of hydrogen-bond acceptors (Lipinski definition) is 3. The lowest BCUT2D eigenvalue weighted by Crippen LogP contribution is -2.21. The van der Waals surface area contributed by atoms with E-state index in [1.54, 1.807) is 0 Å². The Morgan fingerprint density at radius 2 is 2.20 bits per heavy atom. The fraction of sp³-hybridized carbons (Fsp3) is 0.833. The zero-order valence-electron chi connectivity index (χ0n) is 6.16. The lowest BCUT2D eigenvalue weighted by molar-refractivity contribution is -0.149. The van der Waals surface area contributed by atoms with Crippen molar-refractivity contribution in [1.82, 2.24) is 0 Å². The van der Waals surface area contributed by atoms with E-state index in [0.29, 0.717) is 13.2 Å². The van der Waals surface area contributed by atoms with Crippen LogP contribution in [0.1, 0.15) is 6.92 Å². The van der Waals surface area contributed by atoms with Gasteiger partial charge in [-0.1, -0.05) is 0 Å². The molecule has 0 spiro atoms. The zero-order chi connectivity index (χ0) is 7.98. The molecule has 0 unspecified atom stereocenters. The molecule has 0 bridgehead atoms. The van der Waals surface area contributed by atoms with Gasteiger partial charge in [-0.3, -0.25) is 0 Å². The minimum absolute atomic E-state index is 0.323. The molecule has 0 amide bonds. The van der Waals surface area contributed by atoms with Gasteiger partial charge in [-0.15, -0.1) is 0 Å². The normalized spacial score (nSPS) is 13.0. The number of ether oxygens (including phenoxy) is 2. The van der Waals surface area contributed by atoms with Crippen molar-refractivity contribution in [2.24, 2.45) is 0 Å². The van der Waals surface area contributed by atoms with Crippen molar-refractivity contribution in [1.29, 1.82) is 0 Å². The van der Waals surface area contributed by atoms with E-state index in [4.69, 9.17) is 9.84 Å². The van der Waals surface area contributed by atoms with E-state index >= 15 is 0 Å². The summed E-state index contributed by atoms with van der Waals surface area (Å²) in [5.74, 6) is -0.948. The second-order valence-electron chi connectivity index (χ2n) is 1.84. The van der Waals surface area contributed by atoms with Gasteiger partial charge < -0.3 is 14.6 Å². The standard InChI is InChI=1S/C6H12O4/c1-5(6(7)8)10-4-3-9-2/h5H,3-4H2,1-2H3,(H,7,8)/t5-/m1/s1. The topological polar surface area (TPSA) is 55.8 Å². The van der Waals surface area contributed by atoms with Crippen LogP contribution in [0.2, 0.25) is 0 Å². The molecule has 0 aromatic carbocycles. The number of carboxylic acid groups (broad SMARTS) is 1. The molecule has 0 aromatic rings. The van der Waals surface area contributed by atoms with Gasteiger partial charge >= 0.3 is 5.97 Å². The lowest BCUT2D eigenvalue weighted by atomic mass is 10.4. The number of carboxylic acids is 1. The van der Waals surface area contributed by atoms with E-state index in [1.807, 2.05) is 0 Å². The van der Waals surface area contributed by atoms with Gasteiger partial charge in [-0.25, -0.2) is 4.79 Å². The maximum absolute atomic E-state index is 10.1. The van der Waals surface area contributed by atoms with Gasteiger partial charge in [0.15, 0.2) is 6.10 Å². The van der Waals surface area contributed by atoms with Gasteiger partial charge in [0.05, 0.1) is 13.2 Å². The molecular weight excluding hydrogens is 136 g/mol. The monoisotopic (exact) mass is 148 g/mol. The molecule has 10 heavy (non-hydrogen) atoms. The minimum Gasteiger partial charge on any atom is -0.479 e. The first-order valence-corrected chi connectivity index (χ1v) is 3.02. The Bertz CT molecular complexity index is 102. The summed E-state index contributed by atoms with van der Waals surface area (Å²) in [6, 6.07) is 0. The highest BCUT2D eigenvalue weighted by Gasteiger charge is 2.09. The summed E-state index contributed by atoms with van der Waals surface area (Å²) in [6.45, 7) is 2.24. The predicted molar refractivity (Wildman–Crippen MR) is 34.9 cm³/mol. The summed E-state index contributed by atoms with van der Waals surface area (Å²) in [5, 5.41) is 8.32. The van der Waals surface area contributed by atoms with Gasteiger partial charge in [0.1, 0.15) is 0 Å². The van der Waals surface area contributed by atoms with E-state index in [9.17, 15) is 4.79 Å². The van der Waals surface area contributed by atoms with Crippen molar-refractivity contribution in [3.05, 3.63) is 0 Å². The summed E-state index contributed by atoms with van der Waals surface area (Å²) in [5.41, 5.74) is 0. The van der Waals surface area contributed by atoms with Crippen molar-refractivity contribution in [3.8, 4) is 0 Å². The largest absolute Gasteiger partial charge is 0.479 e. The second-order valence-corrected chi connectivity index (χ2v) is 1.84. The van der Waals surface area contributed by atoms with E-state index in [2.05, 4.69) is 4.74 Å². The average molecular weight is 148 g/mol. The lowest BCUT2D eigenvalue weighted by Gasteiger charge is -2.06. The van der Waals surface area contributed by atoms with E-state index in [1.165, 1.54) is 14.0 Å². The highest BCUT2D eigenvalue weighted by Crippen LogP contribution is 1.89. The van der Waals surface area contributed by atoms with Crippen LogP contribution in [0.3, 0.4) is 0 Å². The summed E-state index contributed by atoms with van der Waals surface area (Å²) < 4.78 is 9.47. The summed E-state index contributed by atoms with van der Waals surface area (Å²) >= 11 is 0. The molecule has 0 aliphatic rings. The predicted octanol–water partition coefficient (Wildman–Crippen LogP) is 0.123. The third-order valence-corrected chi connectivity index (χ3v) is 1.00. The van der Waals surface area contributed by atoms with E-state index in [-0.39, 0.29) is 0 Å². The molecule has 1 N–H and O–H groups in total. The van der Waals surface area contributed by atoms with Gasteiger partial charge in [0, 0.05) is 7.11 Å².